The molecule has 1 atom stereocenters. The van der Waals surface area contributed by atoms with E-state index in [1.54, 1.807) is 18.2 Å². The summed E-state index contributed by atoms with van der Waals surface area (Å²) in [6.45, 7) is 4.44. The van der Waals surface area contributed by atoms with Gasteiger partial charge in [-0.2, -0.15) is 0 Å². The van der Waals surface area contributed by atoms with Gasteiger partial charge >= 0.3 is 0 Å². The zero-order valence-corrected chi connectivity index (χ0v) is 15.8. The minimum Gasteiger partial charge on any atom is -0.376 e. The monoisotopic (exact) mass is 382 g/mol. The molecule has 2 saturated heterocycles. The van der Waals surface area contributed by atoms with Crippen molar-refractivity contribution in [1.29, 1.82) is 0 Å². The Labute approximate surface area is 154 Å². The molecule has 1 unspecified atom stereocenters. The average molecular weight is 382 g/mol. The van der Waals surface area contributed by atoms with Crippen molar-refractivity contribution in [2.75, 3.05) is 55.2 Å². The summed E-state index contributed by atoms with van der Waals surface area (Å²) in [5.41, 5.74) is 1.64. The molecule has 2 aliphatic heterocycles. The molecule has 8 nitrogen and oxygen atoms in total. The molecule has 0 aromatic heterocycles. The van der Waals surface area contributed by atoms with Crippen molar-refractivity contribution in [2.24, 2.45) is 0 Å². The fourth-order valence-electron chi connectivity index (χ4n) is 3.25. The first-order valence-corrected chi connectivity index (χ1v) is 10.8. The maximum Gasteiger partial charge on any atom is 0.251 e. The Morgan fingerprint density at radius 3 is 2.77 bits per heavy atom. The predicted molar refractivity (Wildman–Crippen MR) is 101 cm³/mol. The average Bonchev–Trinajstić information content (AvgIpc) is 3.12. The Bertz CT molecular complexity index is 741. The van der Waals surface area contributed by atoms with Gasteiger partial charge in [-0.05, 0) is 31.0 Å². The topological polar surface area (TPSA) is 99.8 Å². The van der Waals surface area contributed by atoms with E-state index in [1.807, 2.05) is 0 Å². The number of nitrogens with one attached hydrogen (secondary N) is 3. The molecule has 1 amide bonds. The summed E-state index contributed by atoms with van der Waals surface area (Å²) in [6.07, 6.45) is 3.14. The number of anilines is 2. The van der Waals surface area contributed by atoms with Crippen molar-refractivity contribution >= 4 is 27.3 Å². The van der Waals surface area contributed by atoms with Crippen LogP contribution in [0, 0.1) is 0 Å². The zero-order chi connectivity index (χ0) is 18.6. The highest BCUT2D eigenvalue weighted by Gasteiger charge is 2.20. The molecule has 2 aliphatic rings. The summed E-state index contributed by atoms with van der Waals surface area (Å²) in [7, 11) is -3.45. The van der Waals surface area contributed by atoms with E-state index in [9.17, 15) is 13.2 Å². The molecule has 2 heterocycles. The zero-order valence-electron chi connectivity index (χ0n) is 15.0. The molecule has 0 aliphatic carbocycles. The summed E-state index contributed by atoms with van der Waals surface area (Å²) >= 11 is 0. The maximum atomic E-state index is 12.4. The first-order chi connectivity index (χ1) is 12.4. The molecule has 0 bridgehead atoms. The van der Waals surface area contributed by atoms with Gasteiger partial charge in [0.1, 0.15) is 0 Å². The Balaban J connectivity index is 1.77. The number of carbonyl (C=O) groups is 1. The van der Waals surface area contributed by atoms with Crippen molar-refractivity contribution in [3.8, 4) is 0 Å². The highest BCUT2D eigenvalue weighted by molar-refractivity contribution is 7.92. The van der Waals surface area contributed by atoms with Crippen LogP contribution in [-0.2, 0) is 14.8 Å². The number of sulfonamides is 1. The quantitative estimate of drug-likeness (QED) is 0.658. The van der Waals surface area contributed by atoms with E-state index < -0.39 is 10.0 Å². The molecule has 1 aromatic rings. The second kappa shape index (κ2) is 8.24. The van der Waals surface area contributed by atoms with Gasteiger partial charge in [0.05, 0.1) is 23.7 Å². The number of piperazine rings is 1. The van der Waals surface area contributed by atoms with Crippen LogP contribution in [0.3, 0.4) is 0 Å². The fourth-order valence-corrected chi connectivity index (χ4v) is 3.82. The van der Waals surface area contributed by atoms with Crippen LogP contribution in [0.1, 0.15) is 23.2 Å². The summed E-state index contributed by atoms with van der Waals surface area (Å²) in [4.78, 5) is 14.5. The molecular weight excluding hydrogens is 356 g/mol. The van der Waals surface area contributed by atoms with Crippen molar-refractivity contribution in [2.45, 2.75) is 18.9 Å². The molecule has 3 N–H and O–H groups in total. The Kier molecular flexibility index (Phi) is 6.00. The lowest BCUT2D eigenvalue weighted by Gasteiger charge is -2.31. The second-order valence-electron chi connectivity index (χ2n) is 6.69. The molecule has 0 radical (unpaired) electrons. The first-order valence-electron chi connectivity index (χ1n) is 8.90. The number of carbonyl (C=O) groups excluding carboxylic acids is 1. The molecule has 144 valence electrons. The number of nitrogens with zero attached hydrogens (tertiary/aromatic N) is 1. The van der Waals surface area contributed by atoms with Gasteiger partial charge in [0.25, 0.3) is 5.91 Å². The van der Waals surface area contributed by atoms with Crippen LogP contribution in [-0.4, -0.2) is 66.0 Å². The fraction of sp³-hybridized carbons (Fsp3) is 0.588. The van der Waals surface area contributed by atoms with Gasteiger partial charge in [-0.25, -0.2) is 8.42 Å². The predicted octanol–water partition coefficient (Wildman–Crippen LogP) is 0.377. The minimum absolute atomic E-state index is 0.0627. The highest BCUT2D eigenvalue weighted by atomic mass is 32.2. The number of benzene rings is 1. The number of hydrogen-bond acceptors (Lipinski definition) is 6. The summed E-state index contributed by atoms with van der Waals surface area (Å²) in [6, 6.07) is 5.14. The number of rotatable bonds is 6. The van der Waals surface area contributed by atoms with Crippen molar-refractivity contribution in [3.63, 3.8) is 0 Å². The standard InChI is InChI=1S/C17H26N4O4S/c1-26(23,24)20-15-11-13(17(22)19-12-14-3-2-10-25-14)4-5-16(15)21-8-6-18-7-9-21/h4-5,11,14,18,20H,2-3,6-10,12H2,1H3,(H,19,22). The van der Waals surface area contributed by atoms with Crippen molar-refractivity contribution < 1.29 is 17.9 Å². The van der Waals surface area contributed by atoms with Crippen LogP contribution in [0.25, 0.3) is 0 Å². The lowest BCUT2D eigenvalue weighted by molar-refractivity contribution is 0.0858. The Morgan fingerprint density at radius 1 is 1.35 bits per heavy atom. The van der Waals surface area contributed by atoms with E-state index in [-0.39, 0.29) is 12.0 Å². The SMILES string of the molecule is CS(=O)(=O)Nc1cc(C(=O)NCC2CCCO2)ccc1N1CCNCC1. The number of amides is 1. The summed E-state index contributed by atoms with van der Waals surface area (Å²) < 4.78 is 31.6. The highest BCUT2D eigenvalue weighted by Crippen LogP contribution is 2.28. The van der Waals surface area contributed by atoms with E-state index in [1.165, 1.54) is 0 Å². The third-order valence-electron chi connectivity index (χ3n) is 4.53. The van der Waals surface area contributed by atoms with Crippen LogP contribution < -0.4 is 20.3 Å². The van der Waals surface area contributed by atoms with Gasteiger partial charge in [0.15, 0.2) is 0 Å². The second-order valence-corrected chi connectivity index (χ2v) is 8.44. The smallest absolute Gasteiger partial charge is 0.251 e. The van der Waals surface area contributed by atoms with Crippen LogP contribution >= 0.6 is 0 Å². The van der Waals surface area contributed by atoms with Gasteiger partial charge < -0.3 is 20.3 Å². The van der Waals surface area contributed by atoms with Gasteiger partial charge in [-0.1, -0.05) is 0 Å². The van der Waals surface area contributed by atoms with E-state index in [0.717, 1.165) is 57.6 Å². The lowest BCUT2D eigenvalue weighted by atomic mass is 10.1. The van der Waals surface area contributed by atoms with Gasteiger partial charge in [-0.3, -0.25) is 9.52 Å². The molecule has 0 spiro atoms. The van der Waals surface area contributed by atoms with E-state index in [2.05, 4.69) is 20.3 Å². The summed E-state index contributed by atoms with van der Waals surface area (Å²) in [5.74, 6) is -0.232. The molecule has 9 heteroatoms. The van der Waals surface area contributed by atoms with Crippen LogP contribution in [0.4, 0.5) is 11.4 Å². The summed E-state index contributed by atoms with van der Waals surface area (Å²) in [5, 5.41) is 6.13. The lowest BCUT2D eigenvalue weighted by Crippen LogP contribution is -2.43. The molecule has 3 rings (SSSR count). The van der Waals surface area contributed by atoms with E-state index in [0.29, 0.717) is 17.8 Å². The number of hydrogen-bond donors (Lipinski definition) is 3. The van der Waals surface area contributed by atoms with Crippen LogP contribution in [0.15, 0.2) is 18.2 Å². The van der Waals surface area contributed by atoms with E-state index >= 15 is 0 Å². The largest absolute Gasteiger partial charge is 0.376 e. The third-order valence-corrected chi connectivity index (χ3v) is 5.12. The Morgan fingerprint density at radius 2 is 2.12 bits per heavy atom. The normalized spacial score (nSPS) is 20.8. The maximum absolute atomic E-state index is 12.4. The van der Waals surface area contributed by atoms with E-state index in [4.69, 9.17) is 4.74 Å². The van der Waals surface area contributed by atoms with Crippen LogP contribution in [0.5, 0.6) is 0 Å². The van der Waals surface area contributed by atoms with Crippen molar-refractivity contribution in [3.05, 3.63) is 23.8 Å². The third kappa shape index (κ3) is 5.09. The minimum atomic E-state index is -3.45. The van der Waals surface area contributed by atoms with Crippen LogP contribution in [0.2, 0.25) is 0 Å². The van der Waals surface area contributed by atoms with Gasteiger partial charge in [0, 0.05) is 44.9 Å². The first kappa shape index (κ1) is 18.9. The van der Waals surface area contributed by atoms with Gasteiger partial charge in [0.2, 0.25) is 10.0 Å². The molecule has 0 saturated carbocycles. The molecule has 1 aromatic carbocycles. The molecular formula is C17H26N4O4S. The molecule has 26 heavy (non-hydrogen) atoms. The van der Waals surface area contributed by atoms with Crippen molar-refractivity contribution in [1.82, 2.24) is 10.6 Å². The number of ether oxygens (including phenoxy) is 1. The Hall–Kier alpha value is -1.84. The molecule has 2 fully saturated rings. The van der Waals surface area contributed by atoms with Gasteiger partial charge in [-0.15, -0.1) is 0 Å².